The van der Waals surface area contributed by atoms with Gasteiger partial charge in [0.05, 0.1) is 19.9 Å². The van der Waals surface area contributed by atoms with Gasteiger partial charge in [-0.3, -0.25) is 5.10 Å². The number of H-pyrrole nitrogens is 1. The van der Waals surface area contributed by atoms with Gasteiger partial charge in [0.1, 0.15) is 11.5 Å². The van der Waals surface area contributed by atoms with Crippen LogP contribution in [0.15, 0.2) is 54.6 Å². The average molecular weight is 354 g/mol. The van der Waals surface area contributed by atoms with Crippen LogP contribution in [0.4, 0.5) is 11.5 Å². The lowest BCUT2D eigenvalue weighted by Gasteiger charge is -2.09. The number of aromatic nitrogens is 2. The van der Waals surface area contributed by atoms with E-state index in [1.54, 1.807) is 14.2 Å². The number of anilines is 2. The Hall–Kier alpha value is -3.06. The van der Waals surface area contributed by atoms with Crippen LogP contribution in [0.3, 0.4) is 0 Å². The molecule has 3 N–H and O–H groups in total. The van der Waals surface area contributed by atoms with Gasteiger partial charge in [-0.25, -0.2) is 0 Å². The van der Waals surface area contributed by atoms with Crippen molar-refractivity contribution < 1.29 is 9.47 Å². The molecule has 6 nitrogen and oxygen atoms in total. The standard InChI is InChI=1S/C18H18N4O2S/c1-23-14-8-6-12(7-9-14)16-11-17(22-21-16)20-18(25)19-13-4-3-5-15(10-13)24-2/h3-11H,1-2H3,(H3,19,20,21,22,25). The van der Waals surface area contributed by atoms with Crippen molar-refractivity contribution in [2.45, 2.75) is 0 Å². The summed E-state index contributed by atoms with van der Waals surface area (Å²) in [5, 5.41) is 13.8. The van der Waals surface area contributed by atoms with E-state index in [1.165, 1.54) is 0 Å². The first-order valence-corrected chi connectivity index (χ1v) is 8.00. The van der Waals surface area contributed by atoms with Gasteiger partial charge in [0.25, 0.3) is 0 Å². The number of ether oxygens (including phenoxy) is 2. The molecule has 3 rings (SSSR count). The third kappa shape index (κ3) is 4.27. The van der Waals surface area contributed by atoms with Crippen molar-refractivity contribution in [1.29, 1.82) is 0 Å². The van der Waals surface area contributed by atoms with Crippen LogP contribution in [0, 0.1) is 0 Å². The molecule has 2 aromatic carbocycles. The fourth-order valence-corrected chi connectivity index (χ4v) is 2.51. The highest BCUT2D eigenvalue weighted by atomic mass is 32.1. The molecule has 0 saturated carbocycles. The second kappa shape index (κ2) is 7.67. The van der Waals surface area contributed by atoms with Crippen LogP contribution in [0.1, 0.15) is 0 Å². The van der Waals surface area contributed by atoms with E-state index in [0.29, 0.717) is 10.9 Å². The van der Waals surface area contributed by atoms with E-state index < -0.39 is 0 Å². The summed E-state index contributed by atoms with van der Waals surface area (Å²) in [7, 11) is 3.27. The van der Waals surface area contributed by atoms with Gasteiger partial charge in [0.15, 0.2) is 10.9 Å². The lowest BCUT2D eigenvalue weighted by atomic mass is 10.1. The van der Waals surface area contributed by atoms with Gasteiger partial charge in [0.2, 0.25) is 0 Å². The predicted octanol–water partition coefficient (Wildman–Crippen LogP) is 3.90. The summed E-state index contributed by atoms with van der Waals surface area (Å²) in [5.41, 5.74) is 2.73. The second-order valence-electron chi connectivity index (χ2n) is 5.21. The van der Waals surface area contributed by atoms with Crippen LogP contribution in [0.5, 0.6) is 11.5 Å². The van der Waals surface area contributed by atoms with Crippen molar-refractivity contribution in [2.24, 2.45) is 0 Å². The molecule has 0 radical (unpaired) electrons. The monoisotopic (exact) mass is 354 g/mol. The number of benzene rings is 2. The minimum absolute atomic E-state index is 0.445. The molecule has 0 amide bonds. The second-order valence-corrected chi connectivity index (χ2v) is 5.61. The number of hydrogen-bond donors (Lipinski definition) is 3. The van der Waals surface area contributed by atoms with E-state index >= 15 is 0 Å². The molecule has 128 valence electrons. The molecule has 0 atom stereocenters. The third-order valence-electron chi connectivity index (χ3n) is 3.55. The van der Waals surface area contributed by atoms with Crippen LogP contribution in [-0.4, -0.2) is 29.5 Å². The molecule has 0 aliphatic rings. The molecular weight excluding hydrogens is 336 g/mol. The van der Waals surface area contributed by atoms with Gasteiger partial charge in [-0.1, -0.05) is 6.07 Å². The molecule has 0 aliphatic heterocycles. The molecule has 7 heteroatoms. The molecule has 1 aromatic heterocycles. The zero-order valence-corrected chi connectivity index (χ0v) is 14.7. The fourth-order valence-electron chi connectivity index (χ4n) is 2.28. The maximum Gasteiger partial charge on any atom is 0.176 e. The van der Waals surface area contributed by atoms with Gasteiger partial charge in [-0.2, -0.15) is 5.10 Å². The van der Waals surface area contributed by atoms with Gasteiger partial charge in [-0.05, 0) is 54.2 Å². The summed E-state index contributed by atoms with van der Waals surface area (Å²) < 4.78 is 10.4. The molecule has 0 saturated heterocycles. The highest BCUT2D eigenvalue weighted by Crippen LogP contribution is 2.23. The molecule has 1 heterocycles. The minimum Gasteiger partial charge on any atom is -0.497 e. The number of thiocarbonyl (C=S) groups is 1. The zero-order valence-electron chi connectivity index (χ0n) is 13.9. The fraction of sp³-hybridized carbons (Fsp3) is 0.111. The van der Waals surface area contributed by atoms with Crippen LogP contribution >= 0.6 is 12.2 Å². The van der Waals surface area contributed by atoms with Crippen LogP contribution in [-0.2, 0) is 0 Å². The number of aromatic amines is 1. The molecule has 0 aliphatic carbocycles. The zero-order chi connectivity index (χ0) is 17.6. The summed E-state index contributed by atoms with van der Waals surface area (Å²) in [6.45, 7) is 0. The highest BCUT2D eigenvalue weighted by molar-refractivity contribution is 7.80. The Kier molecular flexibility index (Phi) is 5.15. The normalized spacial score (nSPS) is 10.2. The maximum absolute atomic E-state index is 5.32. The first kappa shape index (κ1) is 16.8. The number of rotatable bonds is 5. The number of methoxy groups -OCH3 is 2. The topological polar surface area (TPSA) is 71.2 Å². The Labute approximate surface area is 151 Å². The first-order chi connectivity index (χ1) is 12.2. The van der Waals surface area contributed by atoms with E-state index in [-0.39, 0.29) is 0 Å². The molecular formula is C18H18N4O2S. The lowest BCUT2D eigenvalue weighted by Crippen LogP contribution is -2.19. The van der Waals surface area contributed by atoms with Crippen molar-refractivity contribution in [3.63, 3.8) is 0 Å². The number of nitrogens with one attached hydrogen (secondary N) is 3. The summed E-state index contributed by atoms with van der Waals surface area (Å²) in [6, 6.07) is 17.1. The van der Waals surface area contributed by atoms with Gasteiger partial charge < -0.3 is 20.1 Å². The highest BCUT2D eigenvalue weighted by Gasteiger charge is 2.06. The summed E-state index contributed by atoms with van der Waals surface area (Å²) in [5.74, 6) is 2.20. The smallest absolute Gasteiger partial charge is 0.176 e. The van der Waals surface area contributed by atoms with Crippen LogP contribution in [0.2, 0.25) is 0 Å². The number of nitrogens with zero attached hydrogens (tertiary/aromatic N) is 1. The van der Waals surface area contributed by atoms with E-state index in [9.17, 15) is 0 Å². The molecule has 0 fully saturated rings. The van der Waals surface area contributed by atoms with Crippen molar-refractivity contribution >= 4 is 28.8 Å². The Balaban J connectivity index is 1.64. The minimum atomic E-state index is 0.445. The number of hydrogen-bond acceptors (Lipinski definition) is 4. The van der Waals surface area contributed by atoms with E-state index in [2.05, 4.69) is 20.8 Å². The Morgan fingerprint density at radius 3 is 2.44 bits per heavy atom. The lowest BCUT2D eigenvalue weighted by molar-refractivity contribution is 0.415. The van der Waals surface area contributed by atoms with Crippen molar-refractivity contribution in [2.75, 3.05) is 24.9 Å². The van der Waals surface area contributed by atoms with Gasteiger partial charge >= 0.3 is 0 Å². The summed E-state index contributed by atoms with van der Waals surface area (Å²) >= 11 is 5.32. The SMILES string of the molecule is COc1ccc(-c2cc(NC(=S)Nc3cccc(OC)c3)n[nH]2)cc1. The molecule has 0 spiro atoms. The van der Waals surface area contributed by atoms with Crippen molar-refractivity contribution in [3.05, 3.63) is 54.6 Å². The largest absolute Gasteiger partial charge is 0.497 e. The van der Waals surface area contributed by atoms with Crippen LogP contribution < -0.4 is 20.1 Å². The van der Waals surface area contributed by atoms with Crippen molar-refractivity contribution in [1.82, 2.24) is 10.2 Å². The third-order valence-corrected chi connectivity index (χ3v) is 3.75. The molecule has 0 bridgehead atoms. The molecule has 3 aromatic rings. The molecule has 0 unspecified atom stereocenters. The van der Waals surface area contributed by atoms with E-state index in [1.807, 2.05) is 54.6 Å². The quantitative estimate of drug-likeness (QED) is 0.604. The summed E-state index contributed by atoms with van der Waals surface area (Å²) in [6.07, 6.45) is 0. The average Bonchev–Trinajstić information content (AvgIpc) is 3.10. The Bertz CT molecular complexity index is 862. The first-order valence-electron chi connectivity index (χ1n) is 7.60. The Morgan fingerprint density at radius 2 is 1.72 bits per heavy atom. The Morgan fingerprint density at radius 1 is 0.960 bits per heavy atom. The van der Waals surface area contributed by atoms with Crippen LogP contribution in [0.25, 0.3) is 11.3 Å². The van der Waals surface area contributed by atoms with Gasteiger partial charge in [0, 0.05) is 17.8 Å². The van der Waals surface area contributed by atoms with E-state index in [4.69, 9.17) is 21.7 Å². The molecule has 25 heavy (non-hydrogen) atoms. The van der Waals surface area contributed by atoms with E-state index in [0.717, 1.165) is 28.4 Å². The van der Waals surface area contributed by atoms with Gasteiger partial charge in [-0.15, -0.1) is 0 Å². The maximum atomic E-state index is 5.32. The predicted molar refractivity (Wildman–Crippen MR) is 103 cm³/mol. The van der Waals surface area contributed by atoms with Crippen molar-refractivity contribution in [3.8, 4) is 22.8 Å². The summed E-state index contributed by atoms with van der Waals surface area (Å²) in [4.78, 5) is 0.